The summed E-state index contributed by atoms with van der Waals surface area (Å²) in [5, 5.41) is 4.09. The fourth-order valence-corrected chi connectivity index (χ4v) is 0.679. The maximum atomic E-state index is 11.3. The van der Waals surface area contributed by atoms with Gasteiger partial charge < -0.3 is 4.74 Å². The maximum Gasteiger partial charge on any atom is 0.574 e. The van der Waals surface area contributed by atoms with Crippen LogP contribution < -0.4 is 4.74 Å². The maximum absolute atomic E-state index is 11.3. The van der Waals surface area contributed by atoms with Crippen molar-refractivity contribution in [1.29, 1.82) is 0 Å². The van der Waals surface area contributed by atoms with Crippen LogP contribution in [0, 0.1) is 0 Å². The molecule has 0 aromatic carbocycles. The quantitative estimate of drug-likeness (QED) is 0.639. The van der Waals surface area contributed by atoms with Crippen LogP contribution in [0.1, 0.15) is 0 Å². The van der Waals surface area contributed by atoms with Crippen molar-refractivity contribution in [3.05, 3.63) is 5.38 Å². The number of ether oxygens (including phenoxy) is 1. The zero-order chi connectivity index (χ0) is 7.61. The fraction of sp³-hybridized carbons (Fsp3) is 0.333. The second kappa shape index (κ2) is 2.41. The van der Waals surface area contributed by atoms with Gasteiger partial charge in [0.1, 0.15) is 0 Å². The van der Waals surface area contributed by atoms with Crippen LogP contribution in [0.5, 0.6) is 5.88 Å². The zero-order valence-electron chi connectivity index (χ0n) is 4.42. The normalized spacial score (nSPS) is 11.5. The van der Waals surface area contributed by atoms with E-state index >= 15 is 0 Å². The Labute approximate surface area is 57.6 Å². The van der Waals surface area contributed by atoms with Crippen LogP contribution in [0.15, 0.2) is 5.38 Å². The standard InChI is InChI=1S/C3HF3N2OS/c4-3(5,6)9-2-1-10-8-7-2/h1H. The van der Waals surface area contributed by atoms with Gasteiger partial charge in [-0.05, 0) is 11.5 Å². The third-order valence-electron chi connectivity index (χ3n) is 0.560. The number of halogens is 3. The molecule has 0 saturated carbocycles. The third-order valence-corrected chi connectivity index (χ3v) is 1.04. The van der Waals surface area contributed by atoms with Crippen molar-refractivity contribution in [2.75, 3.05) is 0 Å². The Kier molecular flexibility index (Phi) is 1.75. The Morgan fingerprint density at radius 2 is 2.20 bits per heavy atom. The van der Waals surface area contributed by atoms with Gasteiger partial charge in [0.15, 0.2) is 0 Å². The molecule has 0 aliphatic rings. The van der Waals surface area contributed by atoms with Crippen molar-refractivity contribution in [3.8, 4) is 5.88 Å². The molecule has 0 fully saturated rings. The second-order valence-electron chi connectivity index (χ2n) is 1.29. The molecule has 1 rings (SSSR count). The molecule has 0 saturated heterocycles. The molecule has 0 spiro atoms. The lowest BCUT2D eigenvalue weighted by atomic mass is 10.9. The van der Waals surface area contributed by atoms with Gasteiger partial charge in [-0.25, -0.2) is 0 Å². The third kappa shape index (κ3) is 2.18. The molecule has 7 heteroatoms. The average molecular weight is 170 g/mol. The van der Waals surface area contributed by atoms with E-state index in [2.05, 4.69) is 14.3 Å². The van der Waals surface area contributed by atoms with Gasteiger partial charge in [0.25, 0.3) is 5.88 Å². The highest BCUT2D eigenvalue weighted by atomic mass is 32.1. The first-order valence-electron chi connectivity index (χ1n) is 2.11. The van der Waals surface area contributed by atoms with E-state index in [0.29, 0.717) is 0 Å². The fourth-order valence-electron chi connectivity index (χ4n) is 0.319. The van der Waals surface area contributed by atoms with E-state index in [4.69, 9.17) is 0 Å². The number of alkyl halides is 3. The monoisotopic (exact) mass is 170 g/mol. The Balaban J connectivity index is 2.57. The van der Waals surface area contributed by atoms with Crippen LogP contribution in [0.2, 0.25) is 0 Å². The molecular formula is C3HF3N2OS. The number of nitrogens with zero attached hydrogens (tertiary/aromatic N) is 2. The number of aromatic nitrogens is 2. The van der Waals surface area contributed by atoms with Crippen molar-refractivity contribution in [1.82, 2.24) is 9.59 Å². The van der Waals surface area contributed by atoms with Crippen molar-refractivity contribution < 1.29 is 17.9 Å². The van der Waals surface area contributed by atoms with E-state index in [0.717, 1.165) is 16.9 Å². The Hall–Kier alpha value is -0.850. The van der Waals surface area contributed by atoms with Crippen molar-refractivity contribution in [2.45, 2.75) is 6.36 Å². The molecule has 0 radical (unpaired) electrons. The van der Waals surface area contributed by atoms with E-state index in [1.165, 1.54) is 0 Å². The highest BCUT2D eigenvalue weighted by molar-refractivity contribution is 7.03. The van der Waals surface area contributed by atoms with Crippen molar-refractivity contribution in [2.24, 2.45) is 0 Å². The van der Waals surface area contributed by atoms with Crippen molar-refractivity contribution >= 4 is 11.5 Å². The molecule has 0 bridgehead atoms. The van der Waals surface area contributed by atoms with Gasteiger partial charge in [-0.3, -0.25) is 0 Å². The minimum Gasteiger partial charge on any atom is -0.385 e. The van der Waals surface area contributed by atoms with Crippen LogP contribution in [0.3, 0.4) is 0 Å². The predicted octanol–water partition coefficient (Wildman–Crippen LogP) is 1.44. The van der Waals surface area contributed by atoms with E-state index in [9.17, 15) is 13.2 Å². The first-order valence-corrected chi connectivity index (χ1v) is 2.94. The summed E-state index contributed by atoms with van der Waals surface area (Å²) in [6, 6.07) is 0. The molecule has 1 heterocycles. The average Bonchev–Trinajstić information content (AvgIpc) is 2.12. The first-order chi connectivity index (χ1) is 4.58. The summed E-state index contributed by atoms with van der Waals surface area (Å²) < 4.78 is 40.6. The minimum atomic E-state index is -4.67. The zero-order valence-corrected chi connectivity index (χ0v) is 5.24. The van der Waals surface area contributed by atoms with Crippen LogP contribution >= 0.6 is 11.5 Å². The largest absolute Gasteiger partial charge is 0.574 e. The lowest BCUT2D eigenvalue weighted by molar-refractivity contribution is -0.276. The Bertz CT molecular complexity index is 196. The molecule has 10 heavy (non-hydrogen) atoms. The Morgan fingerprint density at radius 1 is 1.50 bits per heavy atom. The van der Waals surface area contributed by atoms with Crippen LogP contribution in [0.25, 0.3) is 0 Å². The highest BCUT2D eigenvalue weighted by Crippen LogP contribution is 2.20. The lowest BCUT2D eigenvalue weighted by Gasteiger charge is -2.02. The molecule has 0 amide bonds. The van der Waals surface area contributed by atoms with E-state index in [-0.39, 0.29) is 0 Å². The van der Waals surface area contributed by atoms with Gasteiger partial charge in [0, 0.05) is 0 Å². The van der Waals surface area contributed by atoms with Crippen LogP contribution in [0.4, 0.5) is 13.2 Å². The van der Waals surface area contributed by atoms with Gasteiger partial charge in [0.2, 0.25) is 0 Å². The minimum absolute atomic E-state index is 0.516. The highest BCUT2D eigenvalue weighted by Gasteiger charge is 2.32. The summed E-state index contributed by atoms with van der Waals surface area (Å²) >= 11 is 0.794. The molecule has 0 atom stereocenters. The predicted molar refractivity (Wildman–Crippen MR) is 26.6 cm³/mol. The summed E-state index contributed by atoms with van der Waals surface area (Å²) in [5.74, 6) is -0.516. The van der Waals surface area contributed by atoms with E-state index < -0.39 is 12.2 Å². The summed E-state index contributed by atoms with van der Waals surface area (Å²) in [5.41, 5.74) is 0. The molecular weight excluding hydrogens is 169 g/mol. The van der Waals surface area contributed by atoms with Gasteiger partial charge in [-0.2, -0.15) is 0 Å². The van der Waals surface area contributed by atoms with Gasteiger partial charge in [-0.15, -0.1) is 13.2 Å². The summed E-state index contributed by atoms with van der Waals surface area (Å²) in [7, 11) is 0. The molecule has 56 valence electrons. The lowest BCUT2D eigenvalue weighted by Crippen LogP contribution is -2.17. The topological polar surface area (TPSA) is 35.0 Å². The van der Waals surface area contributed by atoms with E-state index in [1.54, 1.807) is 0 Å². The molecule has 3 nitrogen and oxygen atoms in total. The molecule has 0 aliphatic carbocycles. The second-order valence-corrected chi connectivity index (χ2v) is 1.90. The van der Waals surface area contributed by atoms with Crippen LogP contribution in [-0.4, -0.2) is 15.9 Å². The SMILES string of the molecule is FC(F)(F)Oc1csnn1. The first kappa shape index (κ1) is 7.26. The van der Waals surface area contributed by atoms with Gasteiger partial charge in [-0.1, -0.05) is 9.59 Å². The van der Waals surface area contributed by atoms with Gasteiger partial charge in [0.05, 0.1) is 5.38 Å². The Morgan fingerprint density at radius 3 is 2.60 bits per heavy atom. The van der Waals surface area contributed by atoms with E-state index in [1.807, 2.05) is 0 Å². The van der Waals surface area contributed by atoms with Gasteiger partial charge >= 0.3 is 6.36 Å². The smallest absolute Gasteiger partial charge is 0.385 e. The van der Waals surface area contributed by atoms with Crippen LogP contribution in [-0.2, 0) is 0 Å². The summed E-state index contributed by atoms with van der Waals surface area (Å²) in [6.45, 7) is 0. The number of hydrogen-bond acceptors (Lipinski definition) is 4. The molecule has 0 unspecified atom stereocenters. The number of rotatable bonds is 1. The summed E-state index contributed by atoms with van der Waals surface area (Å²) in [6.07, 6.45) is -4.67. The van der Waals surface area contributed by atoms with Crippen molar-refractivity contribution in [3.63, 3.8) is 0 Å². The summed E-state index contributed by atoms with van der Waals surface area (Å²) in [4.78, 5) is 0. The molecule has 0 aliphatic heterocycles. The molecule has 1 aromatic heterocycles. The number of hydrogen-bond donors (Lipinski definition) is 0. The molecule has 1 aromatic rings. The molecule has 0 N–H and O–H groups in total.